The molecule has 4 N–H and O–H groups in total. The number of fused-ring (bicyclic) bond motifs is 1. The van der Waals surface area contributed by atoms with Gasteiger partial charge in [-0.05, 0) is 0 Å². The van der Waals surface area contributed by atoms with Crippen molar-refractivity contribution in [3.05, 3.63) is 25.0 Å². The van der Waals surface area contributed by atoms with Crippen LogP contribution in [-0.4, -0.2) is 42.9 Å². The van der Waals surface area contributed by atoms with Gasteiger partial charge in [0.05, 0.1) is 13.2 Å². The molecule has 2 heterocycles. The topological polar surface area (TPSA) is 119 Å². The summed E-state index contributed by atoms with van der Waals surface area (Å²) in [5, 5.41) is 18.2. The highest BCUT2D eigenvalue weighted by molar-refractivity contribution is 5.81. The highest BCUT2D eigenvalue weighted by Gasteiger charge is 2.17. The van der Waals surface area contributed by atoms with E-state index in [0.29, 0.717) is 11.2 Å². The third kappa shape index (κ3) is 2.11. The number of hydrogen-bond donors (Lipinski definition) is 3. The molecule has 0 aromatic carbocycles. The second-order valence-corrected chi connectivity index (χ2v) is 3.53. The molecule has 0 aliphatic rings. The minimum absolute atomic E-state index is 0.137. The molecule has 0 fully saturated rings. The zero-order chi connectivity index (χ0) is 13.1. The van der Waals surface area contributed by atoms with Crippen molar-refractivity contribution in [3.63, 3.8) is 0 Å². The molecule has 2 rings (SSSR count). The lowest BCUT2D eigenvalue weighted by atomic mass is 10.5. The Morgan fingerprint density at radius 2 is 2.22 bits per heavy atom. The molecule has 96 valence electrons. The van der Waals surface area contributed by atoms with Gasteiger partial charge in [-0.25, -0.2) is 15.0 Å². The average Bonchev–Trinajstić information content (AvgIpc) is 2.81. The second kappa shape index (κ2) is 4.98. The predicted octanol–water partition coefficient (Wildman–Crippen LogP) is -0.578. The van der Waals surface area contributed by atoms with Crippen LogP contribution in [0.15, 0.2) is 25.0 Å². The van der Waals surface area contributed by atoms with Gasteiger partial charge in [0.2, 0.25) is 6.23 Å². The van der Waals surface area contributed by atoms with Gasteiger partial charge in [-0.1, -0.05) is 6.58 Å². The van der Waals surface area contributed by atoms with Crippen LogP contribution < -0.4 is 5.73 Å². The Labute approximate surface area is 102 Å². The van der Waals surface area contributed by atoms with E-state index >= 15 is 0 Å². The van der Waals surface area contributed by atoms with E-state index < -0.39 is 6.23 Å². The molecule has 8 heteroatoms. The molecule has 0 radical (unpaired) electrons. The molecule has 0 spiro atoms. The highest BCUT2D eigenvalue weighted by atomic mass is 16.5. The van der Waals surface area contributed by atoms with E-state index in [1.54, 1.807) is 0 Å². The van der Waals surface area contributed by atoms with Gasteiger partial charge in [0.25, 0.3) is 0 Å². The smallest absolute Gasteiger partial charge is 0.201 e. The van der Waals surface area contributed by atoms with E-state index in [4.69, 9.17) is 15.6 Å². The average molecular weight is 251 g/mol. The lowest BCUT2D eigenvalue weighted by Crippen LogP contribution is -2.17. The first-order valence-corrected chi connectivity index (χ1v) is 5.16. The second-order valence-electron chi connectivity index (χ2n) is 3.53. The maximum absolute atomic E-state index is 9.30. The van der Waals surface area contributed by atoms with E-state index in [-0.39, 0.29) is 24.8 Å². The molecular formula is C10H13N5O3. The SMILES string of the molecule is C=C(CO)OC(CO)n1cnc2c(N)ncnc21. The largest absolute Gasteiger partial charge is 0.470 e. The molecule has 0 amide bonds. The van der Waals surface area contributed by atoms with Crippen LogP contribution >= 0.6 is 0 Å². The minimum Gasteiger partial charge on any atom is -0.470 e. The molecule has 0 bridgehead atoms. The monoisotopic (exact) mass is 251 g/mol. The van der Waals surface area contributed by atoms with Crippen LogP contribution in [0.1, 0.15) is 6.23 Å². The molecule has 1 unspecified atom stereocenters. The zero-order valence-electron chi connectivity index (χ0n) is 9.52. The Balaban J connectivity index is 2.40. The van der Waals surface area contributed by atoms with Gasteiger partial charge < -0.3 is 20.7 Å². The minimum atomic E-state index is -0.774. The van der Waals surface area contributed by atoms with Crippen molar-refractivity contribution < 1.29 is 14.9 Å². The van der Waals surface area contributed by atoms with Crippen molar-refractivity contribution in [1.82, 2.24) is 19.5 Å². The summed E-state index contributed by atoms with van der Waals surface area (Å²) in [6.45, 7) is 2.84. The molecule has 8 nitrogen and oxygen atoms in total. The van der Waals surface area contributed by atoms with E-state index in [1.807, 2.05) is 0 Å². The van der Waals surface area contributed by atoms with Crippen LogP contribution in [0, 0.1) is 0 Å². The molecule has 1 atom stereocenters. The van der Waals surface area contributed by atoms with Crippen molar-refractivity contribution in [2.75, 3.05) is 18.9 Å². The molecule has 0 aliphatic carbocycles. The first-order chi connectivity index (χ1) is 8.67. The molecule has 0 saturated carbocycles. The van der Waals surface area contributed by atoms with Crippen molar-refractivity contribution in [2.45, 2.75) is 6.23 Å². The fourth-order valence-corrected chi connectivity index (χ4v) is 1.49. The maximum Gasteiger partial charge on any atom is 0.201 e. The summed E-state index contributed by atoms with van der Waals surface area (Å²) in [6.07, 6.45) is 1.95. The number of aliphatic hydroxyl groups is 2. The summed E-state index contributed by atoms with van der Waals surface area (Å²) in [7, 11) is 0. The fourth-order valence-electron chi connectivity index (χ4n) is 1.49. The van der Waals surface area contributed by atoms with Crippen LogP contribution in [0.25, 0.3) is 11.2 Å². The predicted molar refractivity (Wildman–Crippen MR) is 63.2 cm³/mol. The first kappa shape index (κ1) is 12.3. The number of nitrogens with zero attached hydrogens (tertiary/aromatic N) is 4. The van der Waals surface area contributed by atoms with Gasteiger partial charge in [0.15, 0.2) is 11.5 Å². The van der Waals surface area contributed by atoms with Crippen molar-refractivity contribution in [2.24, 2.45) is 0 Å². The Morgan fingerprint density at radius 1 is 1.44 bits per heavy atom. The number of aromatic nitrogens is 4. The number of aliphatic hydroxyl groups excluding tert-OH is 2. The molecule has 2 aromatic rings. The van der Waals surface area contributed by atoms with E-state index in [1.165, 1.54) is 17.2 Å². The quantitative estimate of drug-likeness (QED) is 0.608. The summed E-state index contributed by atoms with van der Waals surface area (Å²) >= 11 is 0. The molecule has 18 heavy (non-hydrogen) atoms. The van der Waals surface area contributed by atoms with Crippen molar-refractivity contribution in [3.8, 4) is 0 Å². The standard InChI is InChI=1S/C10H13N5O3/c1-6(2-16)18-7(3-17)15-5-14-8-9(11)12-4-13-10(8)15/h4-5,7,16-17H,1-3H2,(H2,11,12,13). The van der Waals surface area contributed by atoms with Crippen LogP contribution in [0.4, 0.5) is 5.82 Å². The van der Waals surface area contributed by atoms with Gasteiger partial charge in [0.1, 0.15) is 23.9 Å². The number of imidazole rings is 1. The Kier molecular flexibility index (Phi) is 3.40. The van der Waals surface area contributed by atoms with Crippen LogP contribution in [-0.2, 0) is 4.74 Å². The highest BCUT2D eigenvalue weighted by Crippen LogP contribution is 2.20. The maximum atomic E-state index is 9.30. The number of nitrogens with two attached hydrogens (primary N) is 1. The summed E-state index contributed by atoms with van der Waals surface area (Å²) in [4.78, 5) is 11.9. The zero-order valence-corrected chi connectivity index (χ0v) is 9.52. The number of rotatable bonds is 5. The van der Waals surface area contributed by atoms with E-state index in [2.05, 4.69) is 21.5 Å². The van der Waals surface area contributed by atoms with E-state index in [9.17, 15) is 5.11 Å². The Morgan fingerprint density at radius 3 is 2.89 bits per heavy atom. The number of nitrogen functional groups attached to an aromatic ring is 1. The molecule has 2 aromatic heterocycles. The molecule has 0 saturated heterocycles. The summed E-state index contributed by atoms with van der Waals surface area (Å²) in [5.41, 5.74) is 6.51. The Hall–Kier alpha value is -2.19. The normalized spacial score (nSPS) is 12.6. The van der Waals surface area contributed by atoms with Crippen molar-refractivity contribution in [1.29, 1.82) is 0 Å². The van der Waals surface area contributed by atoms with Gasteiger partial charge in [-0.3, -0.25) is 4.57 Å². The van der Waals surface area contributed by atoms with Crippen LogP contribution in [0.2, 0.25) is 0 Å². The number of hydrogen-bond acceptors (Lipinski definition) is 7. The van der Waals surface area contributed by atoms with E-state index in [0.717, 1.165) is 0 Å². The first-order valence-electron chi connectivity index (χ1n) is 5.16. The van der Waals surface area contributed by atoms with Gasteiger partial charge in [-0.15, -0.1) is 0 Å². The van der Waals surface area contributed by atoms with Gasteiger partial charge >= 0.3 is 0 Å². The molecule has 0 aliphatic heterocycles. The molecular weight excluding hydrogens is 238 g/mol. The lowest BCUT2D eigenvalue weighted by Gasteiger charge is -2.18. The van der Waals surface area contributed by atoms with Crippen LogP contribution in [0.3, 0.4) is 0 Å². The van der Waals surface area contributed by atoms with Crippen LogP contribution in [0.5, 0.6) is 0 Å². The summed E-state index contributed by atoms with van der Waals surface area (Å²) in [6, 6.07) is 0. The van der Waals surface area contributed by atoms with Gasteiger partial charge in [0, 0.05) is 0 Å². The third-order valence-corrected chi connectivity index (χ3v) is 2.33. The summed E-state index contributed by atoms with van der Waals surface area (Å²) in [5.74, 6) is 0.384. The lowest BCUT2D eigenvalue weighted by molar-refractivity contribution is -0.00179. The Bertz CT molecular complexity index is 568. The van der Waals surface area contributed by atoms with Crippen molar-refractivity contribution >= 4 is 17.0 Å². The fraction of sp³-hybridized carbons (Fsp3) is 0.300. The van der Waals surface area contributed by atoms with Gasteiger partial charge in [-0.2, -0.15) is 0 Å². The number of anilines is 1. The summed E-state index contributed by atoms with van der Waals surface area (Å²) < 4.78 is 6.76. The number of ether oxygens (including phenoxy) is 1. The third-order valence-electron chi connectivity index (χ3n) is 2.33.